The highest BCUT2D eigenvalue weighted by Gasteiger charge is 2.05. The maximum absolute atomic E-state index is 12.0. The lowest BCUT2D eigenvalue weighted by Crippen LogP contribution is -2.20. The smallest absolute Gasteiger partial charge is 0.250 e. The third-order valence-corrected chi connectivity index (χ3v) is 4.70. The van der Waals surface area contributed by atoms with Gasteiger partial charge in [-0.05, 0) is 35.2 Å². The second kappa shape index (κ2) is 7.96. The van der Waals surface area contributed by atoms with Crippen LogP contribution in [0.25, 0.3) is 6.08 Å². The van der Waals surface area contributed by atoms with E-state index in [1.165, 1.54) is 16.7 Å². The molecule has 25 heavy (non-hydrogen) atoms. The van der Waals surface area contributed by atoms with Gasteiger partial charge >= 0.3 is 0 Å². The van der Waals surface area contributed by atoms with E-state index in [1.807, 2.05) is 35.7 Å². The van der Waals surface area contributed by atoms with Gasteiger partial charge in [0, 0.05) is 28.2 Å². The van der Waals surface area contributed by atoms with Gasteiger partial charge in [0.05, 0.1) is 12.2 Å². The molecule has 1 aromatic carbocycles. The molecule has 0 saturated carbocycles. The first kappa shape index (κ1) is 17.2. The van der Waals surface area contributed by atoms with Crippen molar-refractivity contribution in [3.63, 3.8) is 0 Å². The van der Waals surface area contributed by atoms with Gasteiger partial charge in [-0.15, -0.1) is 11.3 Å². The Morgan fingerprint density at radius 1 is 1.16 bits per heavy atom. The van der Waals surface area contributed by atoms with Gasteiger partial charge in [-0.3, -0.25) is 9.59 Å². The van der Waals surface area contributed by atoms with Crippen LogP contribution in [0.1, 0.15) is 10.4 Å². The minimum Gasteiger partial charge on any atom is -0.321 e. The predicted molar refractivity (Wildman–Crippen MR) is 103 cm³/mol. The normalized spacial score (nSPS) is 10.9. The number of rotatable bonds is 5. The summed E-state index contributed by atoms with van der Waals surface area (Å²) >= 11 is 7.70. The predicted octanol–water partition coefficient (Wildman–Crippen LogP) is 4.26. The number of nitrogens with zero attached hydrogens (tertiary/aromatic N) is 1. The minimum absolute atomic E-state index is 0.160. The zero-order valence-corrected chi connectivity index (χ0v) is 14.8. The molecule has 126 valence electrons. The largest absolute Gasteiger partial charge is 0.321 e. The van der Waals surface area contributed by atoms with Gasteiger partial charge in [0.2, 0.25) is 5.91 Å². The van der Waals surface area contributed by atoms with Gasteiger partial charge in [0.1, 0.15) is 0 Å². The summed E-state index contributed by atoms with van der Waals surface area (Å²) in [4.78, 5) is 25.1. The SMILES string of the molecule is O=C(/C=C/c1cccs1)Nc1ccc(=O)n(Cc2ccccc2Cl)c1. The number of nitrogens with one attached hydrogen (secondary N) is 1. The highest BCUT2D eigenvalue weighted by atomic mass is 35.5. The molecule has 0 aliphatic heterocycles. The van der Waals surface area contributed by atoms with Crippen molar-refractivity contribution < 1.29 is 4.79 Å². The molecule has 0 bridgehead atoms. The summed E-state index contributed by atoms with van der Waals surface area (Å²) in [5.74, 6) is -0.253. The van der Waals surface area contributed by atoms with Gasteiger partial charge in [-0.25, -0.2) is 0 Å². The number of thiophene rings is 1. The number of halogens is 1. The van der Waals surface area contributed by atoms with E-state index < -0.39 is 0 Å². The van der Waals surface area contributed by atoms with E-state index in [2.05, 4.69) is 5.32 Å². The number of benzene rings is 1. The molecule has 0 unspecified atom stereocenters. The molecule has 6 heteroatoms. The summed E-state index contributed by atoms with van der Waals surface area (Å²) in [5.41, 5.74) is 1.23. The molecule has 0 aliphatic carbocycles. The zero-order chi connectivity index (χ0) is 17.6. The van der Waals surface area contributed by atoms with E-state index in [9.17, 15) is 9.59 Å². The third kappa shape index (κ3) is 4.68. The van der Waals surface area contributed by atoms with Crippen LogP contribution in [-0.4, -0.2) is 10.5 Å². The standard InChI is InChI=1S/C19H15ClN2O2S/c20-17-6-2-1-4-14(17)12-22-13-15(7-10-19(22)24)21-18(23)9-8-16-5-3-11-25-16/h1-11,13H,12H2,(H,21,23)/b9-8+. The van der Waals surface area contributed by atoms with Crippen LogP contribution >= 0.6 is 22.9 Å². The fourth-order valence-corrected chi connectivity index (χ4v) is 3.08. The first-order chi connectivity index (χ1) is 12.1. The average molecular weight is 371 g/mol. The Hall–Kier alpha value is -2.63. The zero-order valence-electron chi connectivity index (χ0n) is 13.2. The van der Waals surface area contributed by atoms with Crippen LogP contribution in [0.5, 0.6) is 0 Å². The summed E-state index contributed by atoms with van der Waals surface area (Å²) in [6.07, 6.45) is 4.83. The molecule has 3 rings (SSSR count). The van der Waals surface area contributed by atoms with Crippen LogP contribution in [0.15, 0.2) is 71.0 Å². The fourth-order valence-electron chi connectivity index (χ4n) is 2.27. The summed E-state index contributed by atoms with van der Waals surface area (Å²) in [7, 11) is 0. The number of hydrogen-bond acceptors (Lipinski definition) is 3. The van der Waals surface area contributed by atoms with Gasteiger partial charge in [0.15, 0.2) is 0 Å². The Labute approximate surface area is 154 Å². The number of hydrogen-bond donors (Lipinski definition) is 1. The molecular weight excluding hydrogens is 356 g/mol. The summed E-state index contributed by atoms with van der Waals surface area (Å²) in [6.45, 7) is 0.341. The topological polar surface area (TPSA) is 51.1 Å². The maximum atomic E-state index is 12.0. The van der Waals surface area contributed by atoms with Crippen LogP contribution in [-0.2, 0) is 11.3 Å². The lowest BCUT2D eigenvalue weighted by molar-refractivity contribution is -0.111. The number of anilines is 1. The van der Waals surface area contributed by atoms with E-state index >= 15 is 0 Å². The van der Waals surface area contributed by atoms with E-state index in [1.54, 1.807) is 35.7 Å². The second-order valence-corrected chi connectivity index (χ2v) is 6.70. The molecule has 3 aromatic rings. The van der Waals surface area contributed by atoms with Gasteiger partial charge in [-0.2, -0.15) is 0 Å². The highest BCUT2D eigenvalue weighted by Crippen LogP contribution is 2.16. The van der Waals surface area contributed by atoms with Crippen LogP contribution in [0.2, 0.25) is 5.02 Å². The molecule has 2 aromatic heterocycles. The van der Waals surface area contributed by atoms with Gasteiger partial charge < -0.3 is 9.88 Å². The summed E-state index contributed by atoms with van der Waals surface area (Å²) in [5, 5.41) is 5.30. The van der Waals surface area contributed by atoms with Crippen LogP contribution in [0.4, 0.5) is 5.69 Å². The van der Waals surface area contributed by atoms with Crippen LogP contribution in [0, 0.1) is 0 Å². The van der Waals surface area contributed by atoms with Gasteiger partial charge in [0.25, 0.3) is 5.56 Å². The molecule has 0 fully saturated rings. The number of pyridine rings is 1. The van der Waals surface area contributed by atoms with Crippen molar-refractivity contribution in [2.45, 2.75) is 6.54 Å². The molecule has 1 N–H and O–H groups in total. The highest BCUT2D eigenvalue weighted by molar-refractivity contribution is 7.10. The van der Waals surface area contributed by atoms with E-state index in [0.29, 0.717) is 17.3 Å². The third-order valence-electron chi connectivity index (χ3n) is 3.49. The van der Waals surface area contributed by atoms with Crippen molar-refractivity contribution in [1.82, 2.24) is 4.57 Å². The first-order valence-electron chi connectivity index (χ1n) is 7.58. The van der Waals surface area contributed by atoms with Crippen molar-refractivity contribution in [3.05, 3.63) is 92.0 Å². The second-order valence-electron chi connectivity index (χ2n) is 5.31. The fraction of sp³-hybridized carbons (Fsp3) is 0.0526. The monoisotopic (exact) mass is 370 g/mol. The molecule has 0 spiro atoms. The molecule has 0 aliphatic rings. The molecule has 0 radical (unpaired) electrons. The van der Waals surface area contributed by atoms with E-state index in [4.69, 9.17) is 11.6 Å². The number of amides is 1. The van der Waals surface area contributed by atoms with Crippen molar-refractivity contribution in [1.29, 1.82) is 0 Å². The number of carbonyl (C=O) groups is 1. The van der Waals surface area contributed by atoms with Gasteiger partial charge in [-0.1, -0.05) is 35.9 Å². The lowest BCUT2D eigenvalue weighted by atomic mass is 10.2. The maximum Gasteiger partial charge on any atom is 0.250 e. The summed E-state index contributed by atoms with van der Waals surface area (Å²) in [6, 6.07) is 14.2. The first-order valence-corrected chi connectivity index (χ1v) is 8.84. The number of aromatic nitrogens is 1. The van der Waals surface area contributed by atoms with Crippen molar-refractivity contribution >= 4 is 40.6 Å². The Kier molecular flexibility index (Phi) is 5.48. The Morgan fingerprint density at radius 2 is 2.00 bits per heavy atom. The van der Waals surface area contributed by atoms with E-state index in [0.717, 1.165) is 10.4 Å². The molecule has 0 saturated heterocycles. The average Bonchev–Trinajstić information content (AvgIpc) is 3.11. The number of carbonyl (C=O) groups excluding carboxylic acids is 1. The Morgan fingerprint density at radius 3 is 2.76 bits per heavy atom. The van der Waals surface area contributed by atoms with Crippen molar-refractivity contribution in [2.75, 3.05) is 5.32 Å². The van der Waals surface area contributed by atoms with Crippen LogP contribution < -0.4 is 10.9 Å². The molecule has 2 heterocycles. The Balaban J connectivity index is 1.74. The lowest BCUT2D eigenvalue weighted by Gasteiger charge is -2.10. The van der Waals surface area contributed by atoms with E-state index in [-0.39, 0.29) is 11.5 Å². The molecular formula is C19H15ClN2O2S. The van der Waals surface area contributed by atoms with Crippen molar-refractivity contribution in [2.24, 2.45) is 0 Å². The molecule has 0 atom stereocenters. The minimum atomic E-state index is -0.253. The van der Waals surface area contributed by atoms with Crippen molar-refractivity contribution in [3.8, 4) is 0 Å². The Bertz CT molecular complexity index is 962. The summed E-state index contributed by atoms with van der Waals surface area (Å²) < 4.78 is 1.51. The molecule has 1 amide bonds. The van der Waals surface area contributed by atoms with Crippen LogP contribution in [0.3, 0.4) is 0 Å². The molecule has 4 nitrogen and oxygen atoms in total. The quantitative estimate of drug-likeness (QED) is 0.682.